The van der Waals surface area contributed by atoms with Gasteiger partial charge in [-0.15, -0.1) is 0 Å². The molecule has 2 rings (SSSR count). The second-order valence-electron chi connectivity index (χ2n) is 4.23. The molecule has 2 unspecified atom stereocenters. The molecule has 0 heterocycles. The molecule has 108 valence electrons. The van der Waals surface area contributed by atoms with Crippen molar-refractivity contribution >= 4 is 43.4 Å². The van der Waals surface area contributed by atoms with Crippen LogP contribution in [-0.2, 0) is 4.74 Å². The van der Waals surface area contributed by atoms with Crippen molar-refractivity contribution < 1.29 is 14.3 Å². The number of hydrogen-bond acceptors (Lipinski definition) is 3. The summed E-state index contributed by atoms with van der Waals surface area (Å²) < 4.78 is 5.42. The van der Waals surface area contributed by atoms with Crippen LogP contribution in [0.25, 0.3) is 0 Å². The largest absolute Gasteiger partial charge is 0.336 e. The number of rotatable bonds is 6. The summed E-state index contributed by atoms with van der Waals surface area (Å²) in [6, 6.07) is 17.5. The third-order valence-corrected chi connectivity index (χ3v) is 4.03. The monoisotopic (exact) mass is 410 g/mol. The molecule has 0 aliphatic heterocycles. The first-order chi connectivity index (χ1) is 10.1. The summed E-state index contributed by atoms with van der Waals surface area (Å²) in [6.45, 7) is 0. The minimum atomic E-state index is -0.892. The van der Waals surface area contributed by atoms with Gasteiger partial charge in [0, 0.05) is 11.1 Å². The van der Waals surface area contributed by atoms with Crippen LogP contribution in [-0.4, -0.2) is 21.6 Å². The molecule has 0 fully saturated rings. The molecule has 2 aromatic carbocycles. The van der Waals surface area contributed by atoms with E-state index in [1.54, 1.807) is 48.5 Å². The summed E-state index contributed by atoms with van der Waals surface area (Å²) >= 11 is 6.33. The lowest BCUT2D eigenvalue weighted by molar-refractivity contribution is 0.0560. The standard InChI is InChI=1S/C16H12Br2O3/c17-15(13(19)11-7-3-1-4-8-11)21-16(18)14(20)12-9-5-2-6-10-12/h1-10,15-16H. The molecule has 0 spiro atoms. The molecule has 0 bridgehead atoms. The van der Waals surface area contributed by atoms with Crippen molar-refractivity contribution in [2.45, 2.75) is 10.0 Å². The van der Waals surface area contributed by atoms with E-state index in [1.165, 1.54) is 0 Å². The second-order valence-corrected chi connectivity index (χ2v) is 5.89. The maximum absolute atomic E-state index is 12.1. The van der Waals surface area contributed by atoms with Crippen molar-refractivity contribution in [3.05, 3.63) is 71.8 Å². The Morgan fingerprint density at radius 2 is 1.05 bits per heavy atom. The highest BCUT2D eigenvalue weighted by molar-refractivity contribution is 9.10. The van der Waals surface area contributed by atoms with Crippen molar-refractivity contribution in [3.63, 3.8) is 0 Å². The number of alkyl halides is 2. The average Bonchev–Trinajstić information content (AvgIpc) is 2.55. The van der Waals surface area contributed by atoms with Crippen molar-refractivity contribution in [1.29, 1.82) is 0 Å². The maximum Gasteiger partial charge on any atom is 0.202 e. The summed E-state index contributed by atoms with van der Waals surface area (Å²) in [6.07, 6.45) is 0. The zero-order valence-electron chi connectivity index (χ0n) is 10.9. The molecule has 21 heavy (non-hydrogen) atoms. The van der Waals surface area contributed by atoms with Crippen LogP contribution >= 0.6 is 31.9 Å². The van der Waals surface area contributed by atoms with Crippen molar-refractivity contribution in [1.82, 2.24) is 0 Å². The van der Waals surface area contributed by atoms with Crippen molar-refractivity contribution in [2.24, 2.45) is 0 Å². The van der Waals surface area contributed by atoms with Gasteiger partial charge in [-0.3, -0.25) is 9.59 Å². The summed E-state index contributed by atoms with van der Waals surface area (Å²) in [5, 5.41) is -1.78. The topological polar surface area (TPSA) is 43.4 Å². The lowest BCUT2D eigenvalue weighted by atomic mass is 10.1. The average molecular weight is 412 g/mol. The fourth-order valence-electron chi connectivity index (χ4n) is 1.70. The molecule has 0 amide bonds. The van der Waals surface area contributed by atoms with Gasteiger partial charge in [0.05, 0.1) is 0 Å². The van der Waals surface area contributed by atoms with Crippen molar-refractivity contribution in [3.8, 4) is 0 Å². The number of carbonyl (C=O) groups excluding carboxylic acids is 2. The van der Waals surface area contributed by atoms with E-state index < -0.39 is 10.0 Å². The molecule has 0 aliphatic rings. The first kappa shape index (κ1) is 16.1. The number of ether oxygens (including phenoxy) is 1. The number of benzene rings is 2. The number of carbonyl (C=O) groups is 2. The van der Waals surface area contributed by atoms with Gasteiger partial charge in [-0.05, 0) is 31.9 Å². The quantitative estimate of drug-likeness (QED) is 0.528. The Balaban J connectivity index is 2.01. The van der Waals surface area contributed by atoms with Gasteiger partial charge >= 0.3 is 0 Å². The normalized spacial score (nSPS) is 13.4. The van der Waals surface area contributed by atoms with E-state index >= 15 is 0 Å². The van der Waals surface area contributed by atoms with E-state index in [0.717, 1.165) is 0 Å². The second kappa shape index (κ2) is 7.64. The zero-order chi connectivity index (χ0) is 15.2. The fourth-order valence-corrected chi connectivity index (χ4v) is 2.95. The maximum atomic E-state index is 12.1. The van der Waals surface area contributed by atoms with E-state index in [4.69, 9.17) is 4.74 Å². The molecule has 0 N–H and O–H groups in total. The van der Waals surface area contributed by atoms with Gasteiger partial charge in [0.25, 0.3) is 0 Å². The van der Waals surface area contributed by atoms with E-state index in [1.807, 2.05) is 12.1 Å². The minimum Gasteiger partial charge on any atom is -0.336 e. The smallest absolute Gasteiger partial charge is 0.202 e. The summed E-state index contributed by atoms with van der Waals surface area (Å²) in [4.78, 5) is 24.3. The van der Waals surface area contributed by atoms with Gasteiger partial charge in [-0.1, -0.05) is 60.7 Å². The number of ketones is 2. The SMILES string of the molecule is O=C(c1ccccc1)C(Br)OC(Br)C(=O)c1ccccc1. The van der Waals surface area contributed by atoms with E-state index in [9.17, 15) is 9.59 Å². The van der Waals surface area contributed by atoms with Crippen LogP contribution in [0.3, 0.4) is 0 Å². The lowest BCUT2D eigenvalue weighted by Gasteiger charge is -2.15. The van der Waals surface area contributed by atoms with Crippen LogP contribution in [0.4, 0.5) is 0 Å². The van der Waals surface area contributed by atoms with Crippen LogP contribution in [0.2, 0.25) is 0 Å². The molecule has 0 saturated carbocycles. The Morgan fingerprint density at radius 1 is 0.714 bits per heavy atom. The molecule has 2 aromatic rings. The molecular weight excluding hydrogens is 400 g/mol. The van der Waals surface area contributed by atoms with Crippen LogP contribution < -0.4 is 0 Å². The van der Waals surface area contributed by atoms with Gasteiger partial charge < -0.3 is 4.74 Å². The molecule has 5 heteroatoms. The Kier molecular flexibility index (Phi) is 5.85. The number of Topliss-reactive ketones (excluding diaryl/α,β-unsaturated/α-hetero) is 2. The van der Waals surface area contributed by atoms with E-state index in [0.29, 0.717) is 11.1 Å². The fraction of sp³-hybridized carbons (Fsp3) is 0.125. The van der Waals surface area contributed by atoms with Gasteiger partial charge in [-0.2, -0.15) is 0 Å². The highest BCUT2D eigenvalue weighted by Crippen LogP contribution is 2.19. The number of halogens is 2. The van der Waals surface area contributed by atoms with E-state index in [2.05, 4.69) is 31.9 Å². The summed E-state index contributed by atoms with van der Waals surface area (Å²) in [5.74, 6) is -0.471. The van der Waals surface area contributed by atoms with Crippen LogP contribution in [0.5, 0.6) is 0 Å². The van der Waals surface area contributed by atoms with Crippen LogP contribution in [0.15, 0.2) is 60.7 Å². The molecule has 0 radical (unpaired) electrons. The van der Waals surface area contributed by atoms with Crippen LogP contribution in [0.1, 0.15) is 20.7 Å². The highest BCUT2D eigenvalue weighted by atomic mass is 79.9. The van der Waals surface area contributed by atoms with Gasteiger partial charge in [0.15, 0.2) is 10.0 Å². The zero-order valence-corrected chi connectivity index (χ0v) is 14.1. The molecule has 0 aromatic heterocycles. The molecule has 0 saturated heterocycles. The van der Waals surface area contributed by atoms with Gasteiger partial charge in [-0.25, -0.2) is 0 Å². The summed E-state index contributed by atoms with van der Waals surface area (Å²) in [5.41, 5.74) is 1.04. The summed E-state index contributed by atoms with van der Waals surface area (Å²) in [7, 11) is 0. The third-order valence-electron chi connectivity index (χ3n) is 2.77. The Bertz CT molecular complexity index is 558. The number of hydrogen-bond donors (Lipinski definition) is 0. The Hall–Kier alpha value is -1.30. The predicted octanol–water partition coefficient (Wildman–Crippen LogP) is 4.21. The molecular formula is C16H12Br2O3. The molecule has 0 aliphatic carbocycles. The minimum absolute atomic E-state index is 0.235. The first-order valence-corrected chi connectivity index (χ1v) is 8.05. The predicted molar refractivity (Wildman–Crippen MR) is 88.1 cm³/mol. The van der Waals surface area contributed by atoms with E-state index in [-0.39, 0.29) is 11.6 Å². The highest BCUT2D eigenvalue weighted by Gasteiger charge is 2.25. The van der Waals surface area contributed by atoms with Gasteiger partial charge in [0.1, 0.15) is 0 Å². The molecule has 2 atom stereocenters. The van der Waals surface area contributed by atoms with Gasteiger partial charge in [0.2, 0.25) is 11.6 Å². The van der Waals surface area contributed by atoms with Crippen molar-refractivity contribution in [2.75, 3.05) is 0 Å². The third kappa shape index (κ3) is 4.33. The molecule has 3 nitrogen and oxygen atoms in total. The Labute approximate surface area is 139 Å². The lowest BCUT2D eigenvalue weighted by Crippen LogP contribution is -2.26. The Morgan fingerprint density at radius 3 is 1.38 bits per heavy atom. The first-order valence-electron chi connectivity index (χ1n) is 6.21. The van der Waals surface area contributed by atoms with Crippen LogP contribution in [0, 0.1) is 0 Å².